The van der Waals surface area contributed by atoms with Crippen molar-refractivity contribution in [2.45, 2.75) is 32.4 Å². The van der Waals surface area contributed by atoms with Gasteiger partial charge in [-0.3, -0.25) is 15.0 Å². The van der Waals surface area contributed by atoms with Crippen LogP contribution in [0.4, 0.5) is 5.69 Å². The molecule has 116 valence electrons. The number of nitro benzene ring substituents is 1. The molecule has 1 aliphatic rings. The Labute approximate surface area is 125 Å². The van der Waals surface area contributed by atoms with E-state index in [1.165, 1.54) is 12.5 Å². The van der Waals surface area contributed by atoms with Gasteiger partial charge in [0.1, 0.15) is 5.75 Å². The average Bonchev–Trinajstić information content (AvgIpc) is 2.47. The normalized spacial score (nSPS) is 23.0. The molecule has 6 nitrogen and oxygen atoms in total. The molecule has 0 aliphatic carbocycles. The molecule has 1 aromatic carbocycles. The minimum atomic E-state index is -0.373. The zero-order valence-electron chi connectivity index (χ0n) is 12.6. The van der Waals surface area contributed by atoms with Gasteiger partial charge < -0.3 is 10.5 Å². The topological polar surface area (TPSA) is 81.6 Å². The van der Waals surface area contributed by atoms with Crippen molar-refractivity contribution < 1.29 is 9.66 Å². The number of hydrogen-bond donors (Lipinski definition) is 1. The zero-order chi connectivity index (χ0) is 15.4. The molecule has 2 N–H and O–H groups in total. The fourth-order valence-electron chi connectivity index (χ4n) is 3.13. The fourth-order valence-corrected chi connectivity index (χ4v) is 3.13. The second kappa shape index (κ2) is 6.87. The van der Waals surface area contributed by atoms with Crippen LogP contribution in [0.25, 0.3) is 0 Å². The predicted molar refractivity (Wildman–Crippen MR) is 81.3 cm³/mol. The predicted octanol–water partition coefficient (Wildman–Crippen LogP) is 2.16. The summed E-state index contributed by atoms with van der Waals surface area (Å²) >= 11 is 0. The first kappa shape index (κ1) is 15.7. The van der Waals surface area contributed by atoms with Gasteiger partial charge in [-0.15, -0.1) is 0 Å². The second-order valence-corrected chi connectivity index (χ2v) is 5.65. The second-order valence-electron chi connectivity index (χ2n) is 5.65. The Balaban J connectivity index is 2.24. The van der Waals surface area contributed by atoms with E-state index in [2.05, 4.69) is 11.8 Å². The first-order valence-electron chi connectivity index (χ1n) is 7.32. The van der Waals surface area contributed by atoms with E-state index in [-0.39, 0.29) is 10.6 Å². The monoisotopic (exact) mass is 293 g/mol. The molecule has 1 aliphatic heterocycles. The van der Waals surface area contributed by atoms with E-state index in [4.69, 9.17) is 10.5 Å². The Kier molecular flexibility index (Phi) is 5.14. The van der Waals surface area contributed by atoms with Crippen LogP contribution >= 0.6 is 0 Å². The van der Waals surface area contributed by atoms with Crippen molar-refractivity contribution in [2.75, 3.05) is 20.2 Å². The Morgan fingerprint density at radius 1 is 1.52 bits per heavy atom. The molecule has 0 spiro atoms. The summed E-state index contributed by atoms with van der Waals surface area (Å²) in [7, 11) is 1.59. The summed E-state index contributed by atoms with van der Waals surface area (Å²) in [5.74, 6) is 1.24. The van der Waals surface area contributed by atoms with E-state index in [0.29, 0.717) is 30.8 Å². The number of non-ortho nitro benzene ring substituents is 1. The Morgan fingerprint density at radius 2 is 2.29 bits per heavy atom. The molecule has 21 heavy (non-hydrogen) atoms. The lowest BCUT2D eigenvalue weighted by molar-refractivity contribution is -0.385. The third-order valence-corrected chi connectivity index (χ3v) is 4.32. The Bertz CT molecular complexity index is 507. The van der Waals surface area contributed by atoms with Gasteiger partial charge in [0.2, 0.25) is 0 Å². The van der Waals surface area contributed by atoms with Crippen molar-refractivity contribution in [3.05, 3.63) is 33.9 Å². The zero-order valence-corrected chi connectivity index (χ0v) is 12.6. The highest BCUT2D eigenvalue weighted by Crippen LogP contribution is 2.29. The van der Waals surface area contributed by atoms with Crippen LogP contribution in [0.3, 0.4) is 0 Å². The molecule has 0 radical (unpaired) electrons. The lowest BCUT2D eigenvalue weighted by Crippen LogP contribution is -2.48. The molecule has 1 heterocycles. The van der Waals surface area contributed by atoms with E-state index in [9.17, 15) is 10.1 Å². The first-order valence-corrected chi connectivity index (χ1v) is 7.32. The third kappa shape index (κ3) is 3.51. The van der Waals surface area contributed by atoms with Crippen LogP contribution in [0.2, 0.25) is 0 Å². The van der Waals surface area contributed by atoms with Crippen LogP contribution in [0, 0.1) is 16.0 Å². The quantitative estimate of drug-likeness (QED) is 0.664. The van der Waals surface area contributed by atoms with Crippen molar-refractivity contribution in [1.29, 1.82) is 0 Å². The molecule has 2 rings (SSSR count). The van der Waals surface area contributed by atoms with Crippen LogP contribution in [-0.2, 0) is 6.54 Å². The minimum absolute atomic E-state index is 0.0974. The van der Waals surface area contributed by atoms with Gasteiger partial charge in [-0.2, -0.15) is 0 Å². The minimum Gasteiger partial charge on any atom is -0.496 e. The number of hydrogen-bond acceptors (Lipinski definition) is 5. The highest BCUT2D eigenvalue weighted by Gasteiger charge is 2.28. The summed E-state index contributed by atoms with van der Waals surface area (Å²) in [5, 5.41) is 10.9. The van der Waals surface area contributed by atoms with Crippen molar-refractivity contribution >= 4 is 5.69 Å². The summed E-state index contributed by atoms with van der Waals surface area (Å²) < 4.78 is 5.34. The number of ether oxygens (including phenoxy) is 1. The number of methoxy groups -OCH3 is 1. The molecule has 1 fully saturated rings. The molecule has 0 aromatic heterocycles. The number of benzene rings is 1. The van der Waals surface area contributed by atoms with Crippen molar-refractivity contribution in [3.63, 3.8) is 0 Å². The van der Waals surface area contributed by atoms with E-state index in [1.807, 2.05) is 0 Å². The van der Waals surface area contributed by atoms with Crippen LogP contribution in [-0.4, -0.2) is 36.1 Å². The number of nitrogens with zero attached hydrogens (tertiary/aromatic N) is 2. The summed E-state index contributed by atoms with van der Waals surface area (Å²) in [6.45, 7) is 4.43. The summed E-state index contributed by atoms with van der Waals surface area (Å²) in [4.78, 5) is 12.9. The van der Waals surface area contributed by atoms with Gasteiger partial charge >= 0.3 is 0 Å². The Morgan fingerprint density at radius 3 is 2.90 bits per heavy atom. The highest BCUT2D eigenvalue weighted by molar-refractivity contribution is 5.43. The molecule has 2 atom stereocenters. The molecule has 0 saturated carbocycles. The first-order chi connectivity index (χ1) is 10.1. The van der Waals surface area contributed by atoms with Crippen LogP contribution in [0.15, 0.2) is 18.2 Å². The largest absolute Gasteiger partial charge is 0.496 e. The Hall–Kier alpha value is -1.66. The standard InChI is InChI=1S/C15H23N3O3/c1-11-4-3-7-17(14(11)9-16)10-12-8-13(18(19)20)5-6-15(12)21-2/h5-6,8,11,14H,3-4,7,9-10,16H2,1-2H3. The van der Waals surface area contributed by atoms with Gasteiger partial charge in [0, 0.05) is 36.8 Å². The van der Waals surface area contributed by atoms with Gasteiger partial charge in [0.25, 0.3) is 5.69 Å². The van der Waals surface area contributed by atoms with Gasteiger partial charge in [-0.05, 0) is 31.4 Å². The van der Waals surface area contributed by atoms with Gasteiger partial charge in [0.15, 0.2) is 0 Å². The maximum Gasteiger partial charge on any atom is 0.270 e. The molecule has 1 saturated heterocycles. The highest BCUT2D eigenvalue weighted by atomic mass is 16.6. The number of nitrogens with two attached hydrogens (primary N) is 1. The van der Waals surface area contributed by atoms with Crippen molar-refractivity contribution in [3.8, 4) is 5.75 Å². The van der Waals surface area contributed by atoms with Crippen LogP contribution < -0.4 is 10.5 Å². The average molecular weight is 293 g/mol. The SMILES string of the molecule is COc1ccc([N+](=O)[O-])cc1CN1CCCC(C)C1CN. The lowest BCUT2D eigenvalue weighted by atomic mass is 9.90. The molecular formula is C15H23N3O3. The third-order valence-electron chi connectivity index (χ3n) is 4.32. The summed E-state index contributed by atoms with van der Waals surface area (Å²) in [6, 6.07) is 5.06. The molecule has 0 amide bonds. The van der Waals surface area contributed by atoms with Crippen molar-refractivity contribution in [2.24, 2.45) is 11.7 Å². The molecule has 0 bridgehead atoms. The van der Waals surface area contributed by atoms with Gasteiger partial charge in [-0.1, -0.05) is 6.92 Å². The maximum atomic E-state index is 10.9. The summed E-state index contributed by atoms with van der Waals surface area (Å²) in [5.41, 5.74) is 6.85. The van der Waals surface area contributed by atoms with Crippen LogP contribution in [0.5, 0.6) is 5.75 Å². The molecule has 1 aromatic rings. The number of piperidine rings is 1. The lowest BCUT2D eigenvalue weighted by Gasteiger charge is -2.39. The molecule has 6 heteroatoms. The van der Waals surface area contributed by atoms with Crippen molar-refractivity contribution in [1.82, 2.24) is 4.90 Å². The fraction of sp³-hybridized carbons (Fsp3) is 0.600. The van der Waals surface area contributed by atoms with Crippen LogP contribution in [0.1, 0.15) is 25.3 Å². The van der Waals surface area contributed by atoms with Gasteiger partial charge in [0.05, 0.1) is 12.0 Å². The van der Waals surface area contributed by atoms with E-state index in [1.54, 1.807) is 19.2 Å². The number of likely N-dealkylation sites (tertiary alicyclic amines) is 1. The van der Waals surface area contributed by atoms with Gasteiger partial charge in [-0.25, -0.2) is 0 Å². The molecular weight excluding hydrogens is 270 g/mol. The maximum absolute atomic E-state index is 10.9. The number of nitro groups is 1. The summed E-state index contributed by atoms with van der Waals surface area (Å²) in [6.07, 6.45) is 2.32. The van der Waals surface area contributed by atoms with E-state index >= 15 is 0 Å². The van der Waals surface area contributed by atoms with E-state index in [0.717, 1.165) is 18.5 Å². The van der Waals surface area contributed by atoms with E-state index < -0.39 is 0 Å². The number of rotatable bonds is 5. The smallest absolute Gasteiger partial charge is 0.270 e. The molecule has 2 unspecified atom stereocenters.